The average molecular weight is 645 g/mol. The van der Waals surface area contributed by atoms with Crippen molar-refractivity contribution in [3.8, 4) is 0 Å². The van der Waals surface area contributed by atoms with Gasteiger partial charge in [-0.1, -0.05) is 0 Å². The Balaban J connectivity index is 1.12. The SMILES string of the molecule is COC(=O)NC[C@H]1CN(c2cc(F)c(NCCNC(=O)CNC(=O)c3cn(C4CC4)c4cc(C)c(F)cc4c3=O)c(F)c2)C(=O)O1. The summed E-state index contributed by atoms with van der Waals surface area (Å²) in [5.41, 5.74) is -0.541. The van der Waals surface area contributed by atoms with E-state index < -0.39 is 65.2 Å². The van der Waals surface area contributed by atoms with Gasteiger partial charge in [0.15, 0.2) is 11.6 Å². The number of amides is 4. The van der Waals surface area contributed by atoms with Gasteiger partial charge in [-0.2, -0.15) is 0 Å². The second kappa shape index (κ2) is 13.4. The summed E-state index contributed by atoms with van der Waals surface area (Å²) in [5, 5.41) is 9.85. The van der Waals surface area contributed by atoms with E-state index in [9.17, 15) is 37.1 Å². The Hall–Kier alpha value is -5.28. The highest BCUT2D eigenvalue weighted by atomic mass is 19.1. The molecule has 0 unspecified atom stereocenters. The number of carbonyl (C=O) groups is 4. The maximum absolute atomic E-state index is 14.8. The van der Waals surface area contributed by atoms with Gasteiger partial charge >= 0.3 is 12.2 Å². The number of cyclic esters (lactones) is 1. The zero-order chi connectivity index (χ0) is 33.1. The van der Waals surface area contributed by atoms with Crippen LogP contribution in [0.4, 0.5) is 34.1 Å². The quantitative estimate of drug-likeness (QED) is 0.232. The van der Waals surface area contributed by atoms with Crippen molar-refractivity contribution in [2.75, 3.05) is 50.1 Å². The molecule has 5 rings (SSSR count). The lowest BCUT2D eigenvalue weighted by Gasteiger charge is -2.16. The topological polar surface area (TPSA) is 160 Å². The zero-order valence-corrected chi connectivity index (χ0v) is 24.9. The Morgan fingerprint density at radius 3 is 2.37 bits per heavy atom. The number of halogens is 3. The fourth-order valence-electron chi connectivity index (χ4n) is 4.99. The van der Waals surface area contributed by atoms with Crippen LogP contribution in [-0.4, -0.2) is 74.5 Å². The predicted octanol–water partition coefficient (Wildman–Crippen LogP) is 2.70. The number of anilines is 2. The summed E-state index contributed by atoms with van der Waals surface area (Å²) in [6.07, 6.45) is 0.816. The van der Waals surface area contributed by atoms with E-state index in [0.717, 1.165) is 35.9 Å². The highest BCUT2D eigenvalue weighted by Crippen LogP contribution is 2.37. The number of nitrogens with zero attached hydrogens (tertiary/aromatic N) is 2. The summed E-state index contributed by atoms with van der Waals surface area (Å²) in [6, 6.07) is 4.66. The molecular weight excluding hydrogens is 613 g/mol. The van der Waals surface area contributed by atoms with Crippen molar-refractivity contribution < 1.29 is 41.8 Å². The number of hydrogen-bond donors (Lipinski definition) is 4. The standard InChI is InChI=1S/C30H31F3N6O7/c1-15-7-24-19(10-21(15)31)27(41)20(14-38(24)16-3-4-16)28(42)36-12-25(40)34-5-6-35-26-22(32)8-17(9-23(26)33)39-13-18(46-30(39)44)11-37-29(43)45-2/h7-10,14,16,18,35H,3-6,11-13H2,1-2H3,(H,34,40)(H,36,42)(H,37,43)/t18-/m0/s1. The van der Waals surface area contributed by atoms with Gasteiger partial charge in [-0.3, -0.25) is 19.3 Å². The Labute approximate surface area is 260 Å². The normalized spacial score (nSPS) is 15.8. The van der Waals surface area contributed by atoms with Gasteiger partial charge in [0.1, 0.15) is 23.2 Å². The minimum atomic E-state index is -1.00. The smallest absolute Gasteiger partial charge is 0.414 e. The zero-order valence-electron chi connectivity index (χ0n) is 24.9. The van der Waals surface area contributed by atoms with Gasteiger partial charge in [-0.05, 0) is 37.5 Å². The molecule has 1 aliphatic heterocycles. The largest absolute Gasteiger partial charge is 0.453 e. The lowest BCUT2D eigenvalue weighted by atomic mass is 10.1. The van der Waals surface area contributed by atoms with Crippen molar-refractivity contribution in [2.24, 2.45) is 0 Å². The van der Waals surface area contributed by atoms with E-state index >= 15 is 0 Å². The van der Waals surface area contributed by atoms with E-state index in [0.29, 0.717) is 11.1 Å². The Morgan fingerprint density at radius 1 is 0.978 bits per heavy atom. The highest BCUT2D eigenvalue weighted by Gasteiger charge is 2.33. The molecule has 1 atom stereocenters. The molecule has 16 heteroatoms. The molecule has 13 nitrogen and oxygen atoms in total. The maximum Gasteiger partial charge on any atom is 0.414 e. The first-order valence-corrected chi connectivity index (χ1v) is 14.4. The van der Waals surface area contributed by atoms with Crippen molar-refractivity contribution in [1.82, 2.24) is 20.5 Å². The van der Waals surface area contributed by atoms with Crippen LogP contribution in [0.25, 0.3) is 10.9 Å². The molecule has 2 aliphatic rings. The Bertz CT molecular complexity index is 1750. The molecule has 2 fully saturated rings. The first-order valence-electron chi connectivity index (χ1n) is 14.4. The van der Waals surface area contributed by atoms with Crippen LogP contribution < -0.4 is 31.6 Å². The summed E-state index contributed by atoms with van der Waals surface area (Å²) in [4.78, 5) is 62.6. The first kappa shape index (κ1) is 32.1. The van der Waals surface area contributed by atoms with Crippen molar-refractivity contribution >= 4 is 46.3 Å². The molecule has 1 aliphatic carbocycles. The van der Waals surface area contributed by atoms with Crippen LogP contribution in [0.15, 0.2) is 35.3 Å². The summed E-state index contributed by atoms with van der Waals surface area (Å²) in [6.45, 7) is 0.814. The molecule has 4 N–H and O–H groups in total. The molecule has 4 amide bonds. The van der Waals surface area contributed by atoms with Gasteiger partial charge in [0.25, 0.3) is 5.91 Å². The number of aromatic nitrogens is 1. The Morgan fingerprint density at radius 2 is 1.70 bits per heavy atom. The van der Waals surface area contributed by atoms with E-state index in [4.69, 9.17) is 4.74 Å². The van der Waals surface area contributed by atoms with Crippen LogP contribution >= 0.6 is 0 Å². The van der Waals surface area contributed by atoms with Gasteiger partial charge in [-0.15, -0.1) is 0 Å². The summed E-state index contributed by atoms with van der Waals surface area (Å²) < 4.78 is 55.1. The lowest BCUT2D eigenvalue weighted by Crippen LogP contribution is -2.40. The maximum atomic E-state index is 14.8. The second-order valence-corrected chi connectivity index (χ2v) is 10.9. The molecule has 0 bridgehead atoms. The second-order valence-electron chi connectivity index (χ2n) is 10.9. The molecule has 1 aromatic heterocycles. The lowest BCUT2D eigenvalue weighted by molar-refractivity contribution is -0.120. The first-order chi connectivity index (χ1) is 22.0. The van der Waals surface area contributed by atoms with Gasteiger partial charge in [0.05, 0.1) is 37.9 Å². The number of carbonyl (C=O) groups excluding carboxylic acids is 4. The van der Waals surface area contributed by atoms with E-state index in [1.54, 1.807) is 17.6 Å². The van der Waals surface area contributed by atoms with Crippen LogP contribution in [-0.2, 0) is 14.3 Å². The minimum Gasteiger partial charge on any atom is -0.453 e. The molecule has 46 heavy (non-hydrogen) atoms. The van der Waals surface area contributed by atoms with Crippen LogP contribution in [0.2, 0.25) is 0 Å². The number of aryl methyl sites for hydroxylation is 1. The van der Waals surface area contributed by atoms with Gasteiger partial charge in [0.2, 0.25) is 11.3 Å². The molecule has 2 aromatic carbocycles. The number of hydrogen-bond acceptors (Lipinski definition) is 8. The number of benzene rings is 2. The third kappa shape index (κ3) is 7.00. The highest BCUT2D eigenvalue weighted by molar-refractivity contribution is 5.99. The van der Waals surface area contributed by atoms with Crippen LogP contribution in [0.3, 0.4) is 0 Å². The number of nitrogens with one attached hydrogen (secondary N) is 4. The number of fused-ring (bicyclic) bond motifs is 1. The van der Waals surface area contributed by atoms with E-state index in [1.165, 1.54) is 13.3 Å². The molecule has 1 saturated heterocycles. The number of rotatable bonds is 11. The molecular formula is C30H31F3N6O7. The molecule has 0 radical (unpaired) electrons. The monoisotopic (exact) mass is 644 g/mol. The van der Waals surface area contributed by atoms with Gasteiger partial charge < -0.3 is 35.3 Å². The van der Waals surface area contributed by atoms with E-state index in [2.05, 4.69) is 26.0 Å². The summed E-state index contributed by atoms with van der Waals surface area (Å²) in [7, 11) is 1.17. The predicted molar refractivity (Wildman–Crippen MR) is 159 cm³/mol. The fourth-order valence-corrected chi connectivity index (χ4v) is 4.99. The third-order valence-electron chi connectivity index (χ3n) is 7.53. The third-order valence-corrected chi connectivity index (χ3v) is 7.53. The van der Waals surface area contributed by atoms with Crippen LogP contribution in [0.1, 0.15) is 34.8 Å². The summed E-state index contributed by atoms with van der Waals surface area (Å²) >= 11 is 0. The van der Waals surface area contributed by atoms with Crippen LogP contribution in [0, 0.1) is 24.4 Å². The molecule has 0 spiro atoms. The van der Waals surface area contributed by atoms with Crippen molar-refractivity contribution in [3.63, 3.8) is 0 Å². The van der Waals surface area contributed by atoms with E-state index in [-0.39, 0.29) is 48.9 Å². The minimum absolute atomic E-state index is 0.0561. The van der Waals surface area contributed by atoms with E-state index in [1.807, 2.05) is 0 Å². The molecule has 3 aromatic rings. The number of pyridine rings is 1. The van der Waals surface area contributed by atoms with Gasteiger partial charge in [0, 0.05) is 42.8 Å². The number of methoxy groups -OCH3 is 1. The van der Waals surface area contributed by atoms with Gasteiger partial charge in [-0.25, -0.2) is 22.8 Å². The summed E-state index contributed by atoms with van der Waals surface area (Å²) in [5.74, 6) is -3.99. The number of ether oxygens (including phenoxy) is 2. The molecule has 2 heterocycles. The Kier molecular flexibility index (Phi) is 9.34. The van der Waals surface area contributed by atoms with Crippen LogP contribution in [0.5, 0.6) is 0 Å². The molecule has 1 saturated carbocycles. The number of alkyl carbamates (subject to hydrolysis) is 1. The van der Waals surface area contributed by atoms with Crippen molar-refractivity contribution in [3.05, 3.63) is 69.3 Å². The molecule has 244 valence electrons. The average Bonchev–Trinajstić information content (AvgIpc) is 3.80. The van der Waals surface area contributed by atoms with Crippen molar-refractivity contribution in [2.45, 2.75) is 31.9 Å². The van der Waals surface area contributed by atoms with Crippen molar-refractivity contribution in [1.29, 1.82) is 0 Å². The fraction of sp³-hybridized carbons (Fsp3) is 0.367.